The van der Waals surface area contributed by atoms with Crippen molar-refractivity contribution in [3.63, 3.8) is 0 Å². The Morgan fingerprint density at radius 3 is 1.97 bits per heavy atom. The van der Waals surface area contributed by atoms with Crippen LogP contribution in [0.1, 0.15) is 97.3 Å². The number of phosphoric ester groups is 1. The molecule has 0 spiro atoms. The van der Waals surface area contributed by atoms with Crippen molar-refractivity contribution in [3.8, 4) is 0 Å². The highest BCUT2D eigenvalue weighted by Gasteiger charge is 2.22. The number of esters is 2. The van der Waals surface area contributed by atoms with E-state index in [2.05, 4.69) is 36.6 Å². The fourth-order valence-electron chi connectivity index (χ4n) is 3.28. The van der Waals surface area contributed by atoms with E-state index in [1.807, 2.05) is 42.5 Å². The van der Waals surface area contributed by atoms with Crippen molar-refractivity contribution in [2.24, 2.45) is 0 Å². The van der Waals surface area contributed by atoms with Gasteiger partial charge in [0.05, 0.1) is 6.61 Å². The minimum absolute atomic E-state index is 0.156. The van der Waals surface area contributed by atoms with Crippen LogP contribution in [-0.2, 0) is 28.2 Å². The van der Waals surface area contributed by atoms with Gasteiger partial charge in [0.2, 0.25) is 0 Å². The average molecular weight is 569 g/mol. The van der Waals surface area contributed by atoms with Crippen LogP contribution in [0.15, 0.2) is 60.8 Å². The summed E-state index contributed by atoms with van der Waals surface area (Å²) in [6.07, 6.45) is 29.8. The number of hydrogen-bond donors (Lipinski definition) is 2. The quantitative estimate of drug-likeness (QED) is 0.0405. The molecule has 0 fully saturated rings. The van der Waals surface area contributed by atoms with Gasteiger partial charge in [-0.05, 0) is 44.9 Å². The molecular weight excluding hydrogens is 519 g/mol. The predicted octanol–water partition coefficient (Wildman–Crippen LogP) is 7.44. The van der Waals surface area contributed by atoms with Gasteiger partial charge in [-0.1, -0.05) is 100 Å². The van der Waals surface area contributed by atoms with E-state index >= 15 is 0 Å². The molecule has 0 aliphatic heterocycles. The molecule has 39 heavy (non-hydrogen) atoms. The third-order valence-corrected chi connectivity index (χ3v) is 5.86. The first-order valence-corrected chi connectivity index (χ1v) is 15.7. The standard InChI is InChI=1S/C30H49O8P/c1-3-5-7-9-11-13-14-15-16-17-19-21-23-25-30(32)38-28(27-37-39(33,34)35)26-36-29(31)24-22-20-18-12-10-8-6-4-2/h5,7,9,11,13-16,18,20,28H,3-4,6,8,10,12,17,19,21-27H2,1-2H3,(H2,33,34,35)/b7-5+,11-9+,14-13+,16-15+,20-18+. The zero-order valence-corrected chi connectivity index (χ0v) is 24.6. The predicted molar refractivity (Wildman–Crippen MR) is 156 cm³/mol. The molecule has 0 saturated carbocycles. The lowest BCUT2D eigenvalue weighted by atomic mass is 10.1. The first kappa shape index (κ1) is 36.8. The SMILES string of the molecule is CC/C=C/C=C/C=C/C=C/CCCCCC(=O)OC(COC(=O)CC/C=C/CCCCCC)COP(=O)(O)O. The van der Waals surface area contributed by atoms with Gasteiger partial charge in [-0.3, -0.25) is 14.1 Å². The number of hydrogen-bond acceptors (Lipinski definition) is 6. The molecule has 0 aromatic carbocycles. The third-order valence-electron chi connectivity index (χ3n) is 5.38. The molecule has 1 atom stereocenters. The van der Waals surface area contributed by atoms with Crippen molar-refractivity contribution < 1.29 is 37.9 Å². The van der Waals surface area contributed by atoms with E-state index in [0.29, 0.717) is 12.8 Å². The number of carbonyl (C=O) groups excluding carboxylic acids is 2. The van der Waals surface area contributed by atoms with E-state index in [-0.39, 0.29) is 19.4 Å². The summed E-state index contributed by atoms with van der Waals surface area (Å²) in [6, 6.07) is 0. The smallest absolute Gasteiger partial charge is 0.462 e. The van der Waals surface area contributed by atoms with Crippen LogP contribution in [0.4, 0.5) is 0 Å². The number of phosphoric acid groups is 1. The van der Waals surface area contributed by atoms with Crippen molar-refractivity contribution in [3.05, 3.63) is 60.8 Å². The lowest BCUT2D eigenvalue weighted by Crippen LogP contribution is -2.29. The number of allylic oxidation sites excluding steroid dienone is 10. The summed E-state index contributed by atoms with van der Waals surface area (Å²) >= 11 is 0. The first-order chi connectivity index (χ1) is 18.8. The van der Waals surface area contributed by atoms with E-state index in [9.17, 15) is 14.2 Å². The number of unbranched alkanes of at least 4 members (excludes halogenated alkanes) is 7. The van der Waals surface area contributed by atoms with Crippen molar-refractivity contribution in [2.75, 3.05) is 13.2 Å². The Bertz CT molecular complexity index is 823. The maximum atomic E-state index is 12.2. The normalized spacial score (nSPS) is 13.4. The summed E-state index contributed by atoms with van der Waals surface area (Å²) in [5.41, 5.74) is 0. The molecule has 0 rings (SSSR count). The van der Waals surface area contributed by atoms with Gasteiger partial charge in [-0.15, -0.1) is 0 Å². The van der Waals surface area contributed by atoms with Gasteiger partial charge in [-0.25, -0.2) is 4.57 Å². The summed E-state index contributed by atoms with van der Waals surface area (Å²) in [5, 5.41) is 0. The highest BCUT2D eigenvalue weighted by Crippen LogP contribution is 2.35. The van der Waals surface area contributed by atoms with Crippen LogP contribution < -0.4 is 0 Å². The largest absolute Gasteiger partial charge is 0.469 e. The second-order valence-electron chi connectivity index (χ2n) is 9.07. The highest BCUT2D eigenvalue weighted by atomic mass is 31.2. The summed E-state index contributed by atoms with van der Waals surface area (Å²) in [6.45, 7) is 3.36. The summed E-state index contributed by atoms with van der Waals surface area (Å²) in [4.78, 5) is 42.1. The third kappa shape index (κ3) is 28.6. The average Bonchev–Trinajstić information content (AvgIpc) is 2.89. The van der Waals surface area contributed by atoms with Crippen LogP contribution in [0, 0.1) is 0 Å². The zero-order valence-electron chi connectivity index (χ0n) is 23.7. The van der Waals surface area contributed by atoms with Crippen LogP contribution in [0.2, 0.25) is 0 Å². The molecule has 0 saturated heterocycles. The molecule has 0 amide bonds. The molecule has 0 aliphatic rings. The van der Waals surface area contributed by atoms with E-state index in [0.717, 1.165) is 38.5 Å². The molecule has 0 heterocycles. The van der Waals surface area contributed by atoms with Gasteiger partial charge in [0, 0.05) is 12.8 Å². The van der Waals surface area contributed by atoms with Gasteiger partial charge in [0.15, 0.2) is 6.10 Å². The van der Waals surface area contributed by atoms with Crippen LogP contribution in [0.25, 0.3) is 0 Å². The van der Waals surface area contributed by atoms with E-state index < -0.39 is 32.5 Å². The molecule has 222 valence electrons. The fourth-order valence-corrected chi connectivity index (χ4v) is 3.64. The van der Waals surface area contributed by atoms with E-state index in [1.165, 1.54) is 19.3 Å². The maximum absolute atomic E-state index is 12.2. The van der Waals surface area contributed by atoms with Crippen molar-refractivity contribution in [2.45, 2.75) is 103 Å². The Kier molecular flexibility index (Phi) is 24.5. The molecule has 9 heteroatoms. The minimum atomic E-state index is -4.76. The molecule has 1 unspecified atom stereocenters. The van der Waals surface area contributed by atoms with Crippen LogP contribution in [-0.4, -0.2) is 41.0 Å². The molecule has 0 bridgehead atoms. The van der Waals surface area contributed by atoms with Gasteiger partial charge in [0.1, 0.15) is 6.61 Å². The van der Waals surface area contributed by atoms with E-state index in [1.54, 1.807) is 0 Å². The van der Waals surface area contributed by atoms with Gasteiger partial charge >= 0.3 is 19.8 Å². The van der Waals surface area contributed by atoms with Crippen LogP contribution >= 0.6 is 7.82 Å². The van der Waals surface area contributed by atoms with Gasteiger partial charge in [-0.2, -0.15) is 0 Å². The minimum Gasteiger partial charge on any atom is -0.462 e. The summed E-state index contributed by atoms with van der Waals surface area (Å²) < 4.78 is 25.9. The Morgan fingerprint density at radius 2 is 1.31 bits per heavy atom. The molecule has 0 aromatic rings. The zero-order chi connectivity index (χ0) is 29.0. The second-order valence-corrected chi connectivity index (χ2v) is 10.3. The van der Waals surface area contributed by atoms with Crippen molar-refractivity contribution in [1.29, 1.82) is 0 Å². The molecular formula is C30H49O8P. The Labute approximate surface area is 235 Å². The maximum Gasteiger partial charge on any atom is 0.469 e. The molecule has 0 aromatic heterocycles. The summed E-state index contributed by atoms with van der Waals surface area (Å²) in [5.74, 6) is -1.01. The monoisotopic (exact) mass is 568 g/mol. The summed E-state index contributed by atoms with van der Waals surface area (Å²) in [7, 11) is -4.76. The first-order valence-electron chi connectivity index (χ1n) is 14.1. The van der Waals surface area contributed by atoms with Crippen LogP contribution in [0.3, 0.4) is 0 Å². The number of ether oxygens (including phenoxy) is 2. The second kappa shape index (κ2) is 26.0. The molecule has 0 radical (unpaired) electrons. The number of rotatable bonds is 24. The molecule has 0 aliphatic carbocycles. The highest BCUT2D eigenvalue weighted by molar-refractivity contribution is 7.46. The van der Waals surface area contributed by atoms with Crippen molar-refractivity contribution in [1.82, 2.24) is 0 Å². The Morgan fingerprint density at radius 1 is 0.692 bits per heavy atom. The number of carbonyl (C=O) groups is 2. The topological polar surface area (TPSA) is 119 Å². The van der Waals surface area contributed by atoms with Crippen molar-refractivity contribution >= 4 is 19.8 Å². The Balaban J connectivity index is 4.25. The van der Waals surface area contributed by atoms with E-state index in [4.69, 9.17) is 19.3 Å². The fraction of sp³-hybridized carbons (Fsp3) is 0.600. The van der Waals surface area contributed by atoms with Crippen LogP contribution in [0.5, 0.6) is 0 Å². The van der Waals surface area contributed by atoms with Gasteiger partial charge < -0.3 is 19.3 Å². The lowest BCUT2D eigenvalue weighted by Gasteiger charge is -2.18. The lowest BCUT2D eigenvalue weighted by molar-refractivity contribution is -0.161. The van der Waals surface area contributed by atoms with Gasteiger partial charge in [0.25, 0.3) is 0 Å². The Hall–Kier alpha value is -2.25. The molecule has 8 nitrogen and oxygen atoms in total. The molecule has 2 N–H and O–H groups in total.